The van der Waals surface area contributed by atoms with Gasteiger partial charge in [-0.05, 0) is 65.3 Å². The topological polar surface area (TPSA) is 47.3 Å². The Morgan fingerprint density at radius 2 is 1.90 bits per heavy atom. The maximum absolute atomic E-state index is 5.74. The lowest BCUT2D eigenvalue weighted by Gasteiger charge is -2.19. The average Bonchev–Trinajstić information content (AvgIpc) is 2.47. The summed E-state index contributed by atoms with van der Waals surface area (Å²) in [6.07, 6.45) is 0.826. The fourth-order valence-corrected chi connectivity index (χ4v) is 2.58. The molecule has 20 heavy (non-hydrogen) atoms. The Morgan fingerprint density at radius 3 is 2.50 bits per heavy atom. The summed E-state index contributed by atoms with van der Waals surface area (Å²) in [5.41, 5.74) is 6.40. The minimum atomic E-state index is 0.0330. The van der Waals surface area contributed by atoms with Gasteiger partial charge in [0.1, 0.15) is 5.75 Å². The normalized spacial score (nSPS) is 12.2. The number of nitrogens with one attached hydrogen (secondary N) is 1. The van der Waals surface area contributed by atoms with Crippen LogP contribution in [-0.2, 0) is 6.42 Å². The maximum Gasteiger partial charge on any atom is 0.123 e. The Morgan fingerprint density at radius 1 is 1.20 bits per heavy atom. The zero-order valence-electron chi connectivity index (χ0n) is 11.7. The van der Waals surface area contributed by atoms with Gasteiger partial charge in [-0.3, -0.25) is 11.3 Å². The van der Waals surface area contributed by atoms with Gasteiger partial charge in [0.2, 0.25) is 0 Å². The minimum absolute atomic E-state index is 0.0330. The largest absolute Gasteiger partial charge is 0.496 e. The van der Waals surface area contributed by atoms with Crippen molar-refractivity contribution in [3.05, 3.63) is 62.7 Å². The predicted molar refractivity (Wildman–Crippen MR) is 90.7 cm³/mol. The van der Waals surface area contributed by atoms with E-state index in [1.54, 1.807) is 7.11 Å². The van der Waals surface area contributed by atoms with Gasteiger partial charge in [0.05, 0.1) is 13.2 Å². The Kier molecular flexibility index (Phi) is 5.39. The molecule has 4 heteroatoms. The first-order valence-corrected chi connectivity index (χ1v) is 7.57. The number of aryl methyl sites for hydroxylation is 1. The number of hydrazine groups is 1. The van der Waals surface area contributed by atoms with Gasteiger partial charge < -0.3 is 4.74 Å². The highest BCUT2D eigenvalue weighted by Crippen LogP contribution is 2.28. The van der Waals surface area contributed by atoms with Crippen molar-refractivity contribution in [2.24, 2.45) is 5.84 Å². The van der Waals surface area contributed by atoms with Crippen molar-refractivity contribution in [2.45, 2.75) is 19.4 Å². The van der Waals surface area contributed by atoms with Crippen LogP contribution in [0.4, 0.5) is 0 Å². The molecule has 0 fully saturated rings. The Hall–Kier alpha value is -1.11. The average molecular weight is 382 g/mol. The molecule has 3 nitrogen and oxygen atoms in total. The van der Waals surface area contributed by atoms with Crippen molar-refractivity contribution in [1.82, 2.24) is 5.43 Å². The SMILES string of the molecule is COc1cc(C)ccc1C(Cc1ccc(I)cc1)NN. The van der Waals surface area contributed by atoms with Crippen LogP contribution in [0.15, 0.2) is 42.5 Å². The molecular formula is C16H19IN2O. The zero-order valence-corrected chi connectivity index (χ0v) is 13.8. The van der Waals surface area contributed by atoms with E-state index in [0.717, 1.165) is 17.7 Å². The van der Waals surface area contributed by atoms with Gasteiger partial charge in [-0.15, -0.1) is 0 Å². The lowest BCUT2D eigenvalue weighted by molar-refractivity contribution is 0.398. The summed E-state index contributed by atoms with van der Waals surface area (Å²) in [6, 6.07) is 14.7. The highest BCUT2D eigenvalue weighted by Gasteiger charge is 2.15. The van der Waals surface area contributed by atoms with Gasteiger partial charge in [-0.1, -0.05) is 24.3 Å². The first-order valence-electron chi connectivity index (χ1n) is 6.49. The molecule has 0 aliphatic carbocycles. The standard InChI is InChI=1S/C16H19IN2O/c1-11-3-8-14(16(9-11)20-2)15(19-18)10-12-4-6-13(17)7-5-12/h3-9,15,19H,10,18H2,1-2H3. The summed E-state index contributed by atoms with van der Waals surface area (Å²) >= 11 is 2.31. The molecule has 106 valence electrons. The van der Waals surface area contributed by atoms with Crippen molar-refractivity contribution in [3.8, 4) is 5.75 Å². The first kappa shape index (κ1) is 15.3. The molecule has 0 saturated heterocycles. The number of benzene rings is 2. The lowest BCUT2D eigenvalue weighted by atomic mass is 9.97. The molecule has 0 aromatic heterocycles. The van der Waals surface area contributed by atoms with Gasteiger partial charge in [0, 0.05) is 9.13 Å². The Labute approximate surface area is 133 Å². The molecule has 0 aliphatic heterocycles. The van der Waals surface area contributed by atoms with Gasteiger partial charge in [-0.25, -0.2) is 0 Å². The minimum Gasteiger partial charge on any atom is -0.496 e. The predicted octanol–water partition coefficient (Wildman–Crippen LogP) is 3.36. The third-order valence-corrected chi connectivity index (χ3v) is 4.04. The second-order valence-electron chi connectivity index (χ2n) is 4.80. The molecule has 2 rings (SSSR count). The summed E-state index contributed by atoms with van der Waals surface area (Å²) in [7, 11) is 1.69. The molecule has 0 radical (unpaired) electrons. The molecule has 2 aromatic carbocycles. The molecule has 1 atom stereocenters. The molecule has 1 unspecified atom stereocenters. The maximum atomic E-state index is 5.74. The van der Waals surface area contributed by atoms with E-state index in [4.69, 9.17) is 10.6 Å². The molecule has 0 spiro atoms. The van der Waals surface area contributed by atoms with E-state index in [0.29, 0.717) is 0 Å². The fraction of sp³-hybridized carbons (Fsp3) is 0.250. The smallest absolute Gasteiger partial charge is 0.123 e. The van der Waals surface area contributed by atoms with Crippen molar-refractivity contribution >= 4 is 22.6 Å². The van der Waals surface area contributed by atoms with Crippen LogP contribution in [0.1, 0.15) is 22.7 Å². The number of halogens is 1. The second kappa shape index (κ2) is 7.06. The van der Waals surface area contributed by atoms with Crippen molar-refractivity contribution in [3.63, 3.8) is 0 Å². The van der Waals surface area contributed by atoms with Gasteiger partial charge >= 0.3 is 0 Å². The summed E-state index contributed by atoms with van der Waals surface area (Å²) < 4.78 is 6.70. The quantitative estimate of drug-likeness (QED) is 0.474. The van der Waals surface area contributed by atoms with E-state index in [2.05, 4.69) is 71.3 Å². The van der Waals surface area contributed by atoms with Gasteiger partial charge in [0.15, 0.2) is 0 Å². The Bertz CT molecular complexity index is 569. The van der Waals surface area contributed by atoms with E-state index in [9.17, 15) is 0 Å². The number of ether oxygens (including phenoxy) is 1. The summed E-state index contributed by atoms with van der Waals surface area (Å²) in [5.74, 6) is 6.61. The number of rotatable bonds is 5. The van der Waals surface area contributed by atoms with Crippen molar-refractivity contribution in [1.29, 1.82) is 0 Å². The van der Waals surface area contributed by atoms with Crippen LogP contribution < -0.4 is 16.0 Å². The number of hydrogen-bond donors (Lipinski definition) is 2. The van der Waals surface area contributed by atoms with E-state index >= 15 is 0 Å². The summed E-state index contributed by atoms with van der Waals surface area (Å²) in [6.45, 7) is 2.05. The van der Waals surface area contributed by atoms with Crippen LogP contribution in [-0.4, -0.2) is 7.11 Å². The molecule has 0 bridgehead atoms. The number of nitrogens with two attached hydrogens (primary N) is 1. The molecule has 0 aliphatic rings. The molecule has 3 N–H and O–H groups in total. The third kappa shape index (κ3) is 3.71. The van der Waals surface area contributed by atoms with Crippen LogP contribution in [0, 0.1) is 10.5 Å². The number of methoxy groups -OCH3 is 1. The van der Waals surface area contributed by atoms with E-state index in [1.807, 2.05) is 6.07 Å². The molecule has 0 heterocycles. The zero-order chi connectivity index (χ0) is 14.5. The van der Waals surface area contributed by atoms with Crippen molar-refractivity contribution < 1.29 is 4.74 Å². The van der Waals surface area contributed by atoms with Crippen LogP contribution >= 0.6 is 22.6 Å². The first-order chi connectivity index (χ1) is 9.63. The third-order valence-electron chi connectivity index (χ3n) is 3.32. The van der Waals surface area contributed by atoms with E-state index in [1.165, 1.54) is 14.7 Å². The highest BCUT2D eigenvalue weighted by molar-refractivity contribution is 14.1. The second-order valence-corrected chi connectivity index (χ2v) is 6.04. The van der Waals surface area contributed by atoms with Crippen LogP contribution in [0.3, 0.4) is 0 Å². The van der Waals surface area contributed by atoms with Gasteiger partial charge in [0.25, 0.3) is 0 Å². The molecule has 0 amide bonds. The molecule has 0 saturated carbocycles. The summed E-state index contributed by atoms with van der Waals surface area (Å²) in [4.78, 5) is 0. The van der Waals surface area contributed by atoms with Crippen LogP contribution in [0.2, 0.25) is 0 Å². The van der Waals surface area contributed by atoms with Crippen LogP contribution in [0.5, 0.6) is 5.75 Å². The van der Waals surface area contributed by atoms with Crippen molar-refractivity contribution in [2.75, 3.05) is 7.11 Å². The fourth-order valence-electron chi connectivity index (χ4n) is 2.22. The van der Waals surface area contributed by atoms with E-state index in [-0.39, 0.29) is 6.04 Å². The van der Waals surface area contributed by atoms with Gasteiger partial charge in [-0.2, -0.15) is 0 Å². The van der Waals surface area contributed by atoms with Crippen LogP contribution in [0.25, 0.3) is 0 Å². The van der Waals surface area contributed by atoms with E-state index < -0.39 is 0 Å². The Balaban J connectivity index is 2.26. The highest BCUT2D eigenvalue weighted by atomic mass is 127. The molecule has 2 aromatic rings. The monoisotopic (exact) mass is 382 g/mol. The molecular weight excluding hydrogens is 363 g/mol. The number of hydrogen-bond acceptors (Lipinski definition) is 3. The lowest BCUT2D eigenvalue weighted by Crippen LogP contribution is -2.30. The summed E-state index contributed by atoms with van der Waals surface area (Å²) in [5, 5.41) is 0.